The van der Waals surface area contributed by atoms with Crippen LogP contribution in [0.25, 0.3) is 0 Å². The van der Waals surface area contributed by atoms with Gasteiger partial charge in [0.2, 0.25) is 15.9 Å². The highest BCUT2D eigenvalue weighted by molar-refractivity contribution is 7.89. The van der Waals surface area contributed by atoms with Crippen LogP contribution < -0.4 is 10.1 Å². The molecular formula is C23H30N2O4S. The van der Waals surface area contributed by atoms with Crippen molar-refractivity contribution in [3.8, 4) is 5.75 Å². The molecule has 0 spiro atoms. The van der Waals surface area contributed by atoms with Crippen molar-refractivity contribution in [2.45, 2.75) is 43.9 Å². The molecule has 0 aliphatic carbocycles. The molecule has 6 nitrogen and oxygen atoms in total. The molecule has 1 amide bonds. The van der Waals surface area contributed by atoms with E-state index < -0.39 is 10.0 Å². The summed E-state index contributed by atoms with van der Waals surface area (Å²) in [6, 6.07) is 14.3. The number of carbonyl (C=O) groups is 1. The van der Waals surface area contributed by atoms with Crippen LogP contribution in [0.15, 0.2) is 53.4 Å². The third-order valence-electron chi connectivity index (χ3n) is 5.54. The molecule has 2 aromatic carbocycles. The molecule has 1 N–H and O–H groups in total. The van der Waals surface area contributed by atoms with Crippen molar-refractivity contribution in [1.82, 2.24) is 4.31 Å². The first-order chi connectivity index (χ1) is 14.1. The maximum absolute atomic E-state index is 12.9. The van der Waals surface area contributed by atoms with E-state index in [2.05, 4.69) is 26.1 Å². The minimum absolute atomic E-state index is 0.0556. The van der Waals surface area contributed by atoms with Gasteiger partial charge in [-0.05, 0) is 60.2 Å². The van der Waals surface area contributed by atoms with E-state index in [0.717, 1.165) is 5.69 Å². The van der Waals surface area contributed by atoms with Crippen molar-refractivity contribution in [3.63, 3.8) is 0 Å². The summed E-state index contributed by atoms with van der Waals surface area (Å²) in [5.74, 6) is 0.356. The number of rotatable bonds is 5. The molecule has 0 aromatic heterocycles. The Kier molecular flexibility index (Phi) is 6.53. The standard InChI is InChI=1S/C23H30N2O4S/c1-23(2,3)18-5-7-19(8-6-18)24-22(26)17-13-15-25(16-14-17)30(27,28)21-11-9-20(29-4)10-12-21/h5-12,17H,13-16H2,1-4H3,(H,24,26). The molecule has 1 aliphatic rings. The Balaban J connectivity index is 1.58. The first-order valence-electron chi connectivity index (χ1n) is 10.2. The van der Waals surface area contributed by atoms with E-state index in [0.29, 0.717) is 31.7 Å². The zero-order chi connectivity index (χ0) is 21.9. The second-order valence-electron chi connectivity index (χ2n) is 8.67. The number of ether oxygens (including phenoxy) is 1. The van der Waals surface area contributed by atoms with Gasteiger partial charge in [0.25, 0.3) is 0 Å². The number of amides is 1. The van der Waals surface area contributed by atoms with Crippen LogP contribution in [0, 0.1) is 5.92 Å². The second kappa shape index (κ2) is 8.78. The van der Waals surface area contributed by atoms with E-state index in [9.17, 15) is 13.2 Å². The van der Waals surface area contributed by atoms with E-state index >= 15 is 0 Å². The van der Waals surface area contributed by atoms with E-state index in [1.165, 1.54) is 17.0 Å². The van der Waals surface area contributed by atoms with Crippen LogP contribution in [-0.4, -0.2) is 38.8 Å². The Labute approximate surface area is 179 Å². The number of nitrogens with one attached hydrogen (secondary N) is 1. The van der Waals surface area contributed by atoms with Gasteiger partial charge >= 0.3 is 0 Å². The minimum atomic E-state index is -3.57. The summed E-state index contributed by atoms with van der Waals surface area (Å²) >= 11 is 0. The quantitative estimate of drug-likeness (QED) is 0.777. The van der Waals surface area contributed by atoms with Crippen molar-refractivity contribution < 1.29 is 17.9 Å². The Hall–Kier alpha value is -2.38. The lowest BCUT2D eigenvalue weighted by Gasteiger charge is -2.30. The largest absolute Gasteiger partial charge is 0.497 e. The number of benzene rings is 2. The average molecular weight is 431 g/mol. The van der Waals surface area contributed by atoms with Gasteiger partial charge in [-0.1, -0.05) is 32.9 Å². The van der Waals surface area contributed by atoms with Crippen molar-refractivity contribution in [3.05, 3.63) is 54.1 Å². The maximum atomic E-state index is 12.9. The fourth-order valence-electron chi connectivity index (χ4n) is 3.55. The van der Waals surface area contributed by atoms with Crippen LogP contribution in [0.1, 0.15) is 39.2 Å². The number of sulfonamides is 1. The summed E-state index contributed by atoms with van der Waals surface area (Å²) in [6.45, 7) is 7.10. The normalized spacial score (nSPS) is 16.3. The lowest BCUT2D eigenvalue weighted by Crippen LogP contribution is -2.41. The molecule has 1 saturated heterocycles. The van der Waals surface area contributed by atoms with Crippen LogP contribution in [0.3, 0.4) is 0 Å². The number of piperidine rings is 1. The summed E-state index contributed by atoms with van der Waals surface area (Å²) in [5.41, 5.74) is 2.03. The van der Waals surface area contributed by atoms with Crippen molar-refractivity contribution in [1.29, 1.82) is 0 Å². The van der Waals surface area contributed by atoms with Gasteiger partial charge < -0.3 is 10.1 Å². The molecule has 0 radical (unpaired) electrons. The fourth-order valence-corrected chi connectivity index (χ4v) is 5.02. The molecule has 3 rings (SSSR count). The molecule has 1 aliphatic heterocycles. The van der Waals surface area contributed by atoms with Gasteiger partial charge in [-0.2, -0.15) is 4.31 Å². The third-order valence-corrected chi connectivity index (χ3v) is 7.45. The van der Waals surface area contributed by atoms with E-state index in [1.807, 2.05) is 24.3 Å². The van der Waals surface area contributed by atoms with Gasteiger partial charge in [0.15, 0.2) is 0 Å². The Morgan fingerprint density at radius 2 is 1.57 bits per heavy atom. The van der Waals surface area contributed by atoms with Crippen LogP contribution in [-0.2, 0) is 20.2 Å². The lowest BCUT2D eigenvalue weighted by atomic mass is 9.87. The lowest BCUT2D eigenvalue weighted by molar-refractivity contribution is -0.120. The van der Waals surface area contributed by atoms with Crippen molar-refractivity contribution in [2.75, 3.05) is 25.5 Å². The van der Waals surface area contributed by atoms with Crippen LogP contribution in [0.5, 0.6) is 5.75 Å². The SMILES string of the molecule is COc1ccc(S(=O)(=O)N2CCC(C(=O)Nc3ccc(C(C)(C)C)cc3)CC2)cc1. The predicted molar refractivity (Wildman–Crippen MR) is 118 cm³/mol. The first-order valence-corrected chi connectivity index (χ1v) is 11.6. The molecule has 1 fully saturated rings. The molecular weight excluding hydrogens is 400 g/mol. The average Bonchev–Trinajstić information content (AvgIpc) is 2.73. The summed E-state index contributed by atoms with van der Waals surface area (Å²) < 4.78 is 32.2. The molecule has 162 valence electrons. The van der Waals surface area contributed by atoms with Gasteiger partial charge in [0, 0.05) is 24.7 Å². The highest BCUT2D eigenvalue weighted by Crippen LogP contribution is 2.27. The highest BCUT2D eigenvalue weighted by Gasteiger charge is 2.32. The van der Waals surface area contributed by atoms with Gasteiger partial charge in [-0.15, -0.1) is 0 Å². The highest BCUT2D eigenvalue weighted by atomic mass is 32.2. The van der Waals surface area contributed by atoms with Crippen molar-refractivity contribution in [2.24, 2.45) is 5.92 Å². The molecule has 2 aromatic rings. The first kappa shape index (κ1) is 22.3. The van der Waals surface area contributed by atoms with Crippen LogP contribution in [0.4, 0.5) is 5.69 Å². The monoisotopic (exact) mass is 430 g/mol. The smallest absolute Gasteiger partial charge is 0.243 e. The molecule has 0 atom stereocenters. The maximum Gasteiger partial charge on any atom is 0.243 e. The zero-order valence-corrected chi connectivity index (χ0v) is 18.8. The van der Waals surface area contributed by atoms with Gasteiger partial charge in [-0.3, -0.25) is 4.79 Å². The molecule has 30 heavy (non-hydrogen) atoms. The number of nitrogens with zero attached hydrogens (tertiary/aromatic N) is 1. The summed E-state index contributed by atoms with van der Waals surface area (Å²) in [7, 11) is -2.03. The molecule has 0 saturated carbocycles. The third kappa shape index (κ3) is 5.02. The Bertz CT molecular complexity index is 969. The summed E-state index contributed by atoms with van der Waals surface area (Å²) in [4.78, 5) is 12.9. The molecule has 1 heterocycles. The van der Waals surface area contributed by atoms with Crippen LogP contribution >= 0.6 is 0 Å². The van der Waals surface area contributed by atoms with Gasteiger partial charge in [0.1, 0.15) is 5.75 Å². The van der Waals surface area contributed by atoms with E-state index in [4.69, 9.17) is 4.74 Å². The Morgan fingerprint density at radius 3 is 2.07 bits per heavy atom. The molecule has 0 unspecified atom stereocenters. The van der Waals surface area contributed by atoms with E-state index in [-0.39, 0.29) is 22.1 Å². The zero-order valence-electron chi connectivity index (χ0n) is 18.0. The summed E-state index contributed by atoms with van der Waals surface area (Å²) in [6.07, 6.45) is 1.00. The number of carbonyl (C=O) groups excluding carboxylic acids is 1. The number of methoxy groups -OCH3 is 1. The summed E-state index contributed by atoms with van der Waals surface area (Å²) in [5, 5.41) is 2.97. The topological polar surface area (TPSA) is 75.7 Å². The molecule has 0 bridgehead atoms. The minimum Gasteiger partial charge on any atom is -0.497 e. The second-order valence-corrected chi connectivity index (χ2v) is 10.6. The van der Waals surface area contributed by atoms with Gasteiger partial charge in [0.05, 0.1) is 12.0 Å². The Morgan fingerprint density at radius 1 is 1.00 bits per heavy atom. The number of hydrogen-bond donors (Lipinski definition) is 1. The van der Waals surface area contributed by atoms with Gasteiger partial charge in [-0.25, -0.2) is 8.42 Å². The van der Waals surface area contributed by atoms with Crippen molar-refractivity contribution >= 4 is 21.6 Å². The van der Waals surface area contributed by atoms with E-state index in [1.54, 1.807) is 24.3 Å². The number of anilines is 1. The predicted octanol–water partition coefficient (Wildman–Crippen LogP) is 4.03. The number of hydrogen-bond acceptors (Lipinski definition) is 4. The fraction of sp³-hybridized carbons (Fsp3) is 0.435. The molecule has 7 heteroatoms. The van der Waals surface area contributed by atoms with Crippen LogP contribution in [0.2, 0.25) is 0 Å².